The van der Waals surface area contributed by atoms with Crippen molar-refractivity contribution in [2.45, 2.75) is 12.8 Å². The summed E-state index contributed by atoms with van der Waals surface area (Å²) < 4.78 is 5.45. The van der Waals surface area contributed by atoms with Crippen LogP contribution in [0.1, 0.15) is 18.6 Å². The Kier molecular flexibility index (Phi) is 6.87. The fraction of sp³-hybridized carbons (Fsp3) is 0.200. The molecule has 2 aromatic rings. The number of anilines is 1. The topological polar surface area (TPSA) is 121 Å². The zero-order chi connectivity index (χ0) is 21.8. The molecule has 2 atom stereocenters. The highest BCUT2D eigenvalue weighted by atomic mass is 35.5. The molecule has 0 spiro atoms. The number of primary amides is 1. The van der Waals surface area contributed by atoms with E-state index in [2.05, 4.69) is 16.4 Å². The second kappa shape index (κ2) is 9.39. The number of halogens is 2. The molecule has 0 saturated heterocycles. The first-order valence-corrected chi connectivity index (χ1v) is 10.5. The third-order valence-corrected chi connectivity index (χ3v) is 6.15. The van der Waals surface area contributed by atoms with E-state index in [1.54, 1.807) is 37.3 Å². The SMILES string of the molecule is CC1=NC(SCC(=O)Nc2ccc(Cl)c(Cl)c2)=C(C#N)[C@H](c2ccco2)C1C(N)=O. The van der Waals surface area contributed by atoms with Gasteiger partial charge >= 0.3 is 0 Å². The average Bonchev–Trinajstić information content (AvgIpc) is 3.22. The molecule has 0 fully saturated rings. The molecule has 2 amide bonds. The quantitative estimate of drug-likeness (QED) is 0.660. The van der Waals surface area contributed by atoms with Gasteiger partial charge in [0.2, 0.25) is 11.8 Å². The smallest absolute Gasteiger partial charge is 0.234 e. The van der Waals surface area contributed by atoms with E-state index < -0.39 is 17.7 Å². The van der Waals surface area contributed by atoms with Crippen LogP contribution in [-0.2, 0) is 9.59 Å². The van der Waals surface area contributed by atoms with Gasteiger partial charge in [0.05, 0.1) is 45.5 Å². The maximum absolute atomic E-state index is 12.4. The second-order valence-electron chi connectivity index (χ2n) is 6.42. The van der Waals surface area contributed by atoms with Crippen LogP contribution in [0.5, 0.6) is 0 Å². The zero-order valence-corrected chi connectivity index (χ0v) is 18.0. The molecule has 1 aromatic carbocycles. The third kappa shape index (κ3) is 4.70. The average molecular weight is 463 g/mol. The number of carbonyl (C=O) groups is 2. The Bertz CT molecular complexity index is 1090. The van der Waals surface area contributed by atoms with Crippen LogP contribution in [-0.4, -0.2) is 23.3 Å². The predicted molar refractivity (Wildman–Crippen MR) is 117 cm³/mol. The Morgan fingerprint density at radius 2 is 2.10 bits per heavy atom. The minimum absolute atomic E-state index is 0.0103. The monoisotopic (exact) mass is 462 g/mol. The Morgan fingerprint density at radius 1 is 1.33 bits per heavy atom. The molecule has 3 N–H and O–H groups in total. The summed E-state index contributed by atoms with van der Waals surface area (Å²) in [6.07, 6.45) is 1.46. The first-order chi connectivity index (χ1) is 14.3. The summed E-state index contributed by atoms with van der Waals surface area (Å²) in [6.45, 7) is 1.66. The molecule has 0 saturated carbocycles. The lowest BCUT2D eigenvalue weighted by molar-refractivity contribution is -0.120. The standard InChI is InChI=1S/C20H16Cl2N4O3S/c1-10-17(19(24)28)18(15-3-2-6-29-15)12(8-23)20(25-10)30-9-16(27)26-11-4-5-13(21)14(22)7-11/h2-7,17-18H,9H2,1H3,(H2,24,28)(H,26,27)/t17?,18-/m1/s1. The summed E-state index contributed by atoms with van der Waals surface area (Å²) in [6, 6.07) is 10.2. The van der Waals surface area contributed by atoms with Gasteiger partial charge in [-0.2, -0.15) is 5.26 Å². The van der Waals surface area contributed by atoms with E-state index in [1.165, 1.54) is 6.26 Å². The van der Waals surface area contributed by atoms with Gasteiger partial charge in [-0.1, -0.05) is 35.0 Å². The number of aliphatic imine (C=N–C) groups is 1. The van der Waals surface area contributed by atoms with E-state index >= 15 is 0 Å². The number of rotatable bonds is 6. The number of amides is 2. The lowest BCUT2D eigenvalue weighted by Crippen LogP contribution is -2.37. The number of carbonyl (C=O) groups excluding carboxylic acids is 2. The number of allylic oxidation sites excluding steroid dienone is 1. The van der Waals surface area contributed by atoms with E-state index in [0.29, 0.717) is 32.2 Å². The number of nitrogens with zero attached hydrogens (tertiary/aromatic N) is 2. The van der Waals surface area contributed by atoms with Gasteiger partial charge < -0.3 is 15.5 Å². The fourth-order valence-electron chi connectivity index (χ4n) is 3.11. The molecule has 30 heavy (non-hydrogen) atoms. The molecule has 154 valence electrons. The van der Waals surface area contributed by atoms with Gasteiger partial charge in [-0.25, -0.2) is 4.99 Å². The number of benzene rings is 1. The molecule has 1 aliphatic heterocycles. The van der Waals surface area contributed by atoms with Crippen molar-refractivity contribution in [2.75, 3.05) is 11.1 Å². The van der Waals surface area contributed by atoms with Crippen LogP contribution in [0.2, 0.25) is 10.0 Å². The highest BCUT2D eigenvalue weighted by molar-refractivity contribution is 8.03. The maximum atomic E-state index is 12.4. The first kappa shape index (κ1) is 22.0. The normalized spacial score (nSPS) is 18.5. The predicted octanol–water partition coefficient (Wildman–Crippen LogP) is 4.35. The van der Waals surface area contributed by atoms with E-state index in [9.17, 15) is 14.9 Å². The number of hydrogen-bond donors (Lipinski definition) is 2. The van der Waals surface area contributed by atoms with Crippen LogP contribution in [0.15, 0.2) is 56.6 Å². The molecule has 2 heterocycles. The summed E-state index contributed by atoms with van der Waals surface area (Å²) in [7, 11) is 0. The molecule has 10 heteroatoms. The fourth-order valence-corrected chi connectivity index (χ4v) is 4.28. The summed E-state index contributed by atoms with van der Waals surface area (Å²) in [5.41, 5.74) is 6.74. The minimum Gasteiger partial charge on any atom is -0.469 e. The van der Waals surface area contributed by atoms with E-state index in [0.717, 1.165) is 11.8 Å². The van der Waals surface area contributed by atoms with Crippen LogP contribution in [0.3, 0.4) is 0 Å². The van der Waals surface area contributed by atoms with E-state index in [4.69, 9.17) is 33.4 Å². The summed E-state index contributed by atoms with van der Waals surface area (Å²) in [5.74, 6) is -2.00. The Balaban J connectivity index is 1.82. The molecule has 1 unspecified atom stereocenters. The van der Waals surface area contributed by atoms with Gasteiger partial charge in [0.1, 0.15) is 10.8 Å². The van der Waals surface area contributed by atoms with Crippen LogP contribution in [0.4, 0.5) is 5.69 Å². The molecule has 1 aromatic heterocycles. The van der Waals surface area contributed by atoms with Gasteiger partial charge in [0, 0.05) is 11.4 Å². The third-order valence-electron chi connectivity index (χ3n) is 4.42. The first-order valence-electron chi connectivity index (χ1n) is 8.71. The van der Waals surface area contributed by atoms with Crippen molar-refractivity contribution in [3.63, 3.8) is 0 Å². The molecule has 0 bridgehead atoms. The number of nitrogens with two attached hydrogens (primary N) is 1. The number of furan rings is 1. The molecule has 7 nitrogen and oxygen atoms in total. The van der Waals surface area contributed by atoms with Crippen molar-refractivity contribution in [1.29, 1.82) is 5.26 Å². The van der Waals surface area contributed by atoms with Gasteiger partial charge in [0.25, 0.3) is 0 Å². The largest absolute Gasteiger partial charge is 0.469 e. The molecule has 0 aliphatic carbocycles. The lowest BCUT2D eigenvalue weighted by atomic mass is 9.80. The van der Waals surface area contributed by atoms with Crippen molar-refractivity contribution >= 4 is 58.2 Å². The zero-order valence-electron chi connectivity index (χ0n) is 15.7. The lowest BCUT2D eigenvalue weighted by Gasteiger charge is -2.27. The summed E-state index contributed by atoms with van der Waals surface area (Å²) in [5, 5.41) is 13.5. The molecule has 3 rings (SSSR count). The van der Waals surface area contributed by atoms with E-state index in [1.807, 2.05) is 0 Å². The van der Waals surface area contributed by atoms with Crippen molar-refractivity contribution in [3.8, 4) is 6.07 Å². The van der Waals surface area contributed by atoms with Crippen LogP contribution < -0.4 is 11.1 Å². The number of thioether (sulfide) groups is 1. The Hall–Kier alpha value is -2.73. The van der Waals surface area contributed by atoms with Gasteiger partial charge in [-0.15, -0.1) is 0 Å². The van der Waals surface area contributed by atoms with Crippen molar-refractivity contribution in [3.05, 3.63) is 63.0 Å². The molecular formula is C20H16Cl2N4O3S. The van der Waals surface area contributed by atoms with E-state index in [-0.39, 0.29) is 17.2 Å². The summed E-state index contributed by atoms with van der Waals surface area (Å²) >= 11 is 12.9. The number of nitriles is 1. The Morgan fingerprint density at radius 3 is 2.70 bits per heavy atom. The minimum atomic E-state index is -0.805. The summed E-state index contributed by atoms with van der Waals surface area (Å²) in [4.78, 5) is 28.8. The molecule has 0 radical (unpaired) electrons. The highest BCUT2D eigenvalue weighted by Gasteiger charge is 2.40. The van der Waals surface area contributed by atoms with Crippen LogP contribution in [0, 0.1) is 17.2 Å². The van der Waals surface area contributed by atoms with Crippen molar-refractivity contribution < 1.29 is 14.0 Å². The maximum Gasteiger partial charge on any atom is 0.234 e. The second-order valence-corrected chi connectivity index (χ2v) is 8.20. The molecular weight excluding hydrogens is 447 g/mol. The molecule has 1 aliphatic rings. The van der Waals surface area contributed by atoms with Crippen LogP contribution in [0.25, 0.3) is 0 Å². The van der Waals surface area contributed by atoms with Crippen molar-refractivity contribution in [1.82, 2.24) is 0 Å². The number of hydrogen-bond acceptors (Lipinski definition) is 6. The van der Waals surface area contributed by atoms with Gasteiger partial charge in [-0.05, 0) is 37.3 Å². The highest BCUT2D eigenvalue weighted by Crippen LogP contribution is 2.41. The van der Waals surface area contributed by atoms with Gasteiger partial charge in [-0.3, -0.25) is 9.59 Å². The van der Waals surface area contributed by atoms with Gasteiger partial charge in [0.15, 0.2) is 0 Å². The Labute approximate surface area is 186 Å². The van der Waals surface area contributed by atoms with Crippen LogP contribution >= 0.6 is 35.0 Å². The number of nitrogens with one attached hydrogen (secondary N) is 1. The van der Waals surface area contributed by atoms with Crippen molar-refractivity contribution in [2.24, 2.45) is 16.6 Å².